The predicted molar refractivity (Wildman–Crippen MR) is 96.8 cm³/mol. The van der Waals surface area contributed by atoms with Crippen LogP contribution in [0.4, 0.5) is 0 Å². The van der Waals surface area contributed by atoms with Crippen LogP contribution in [0.15, 0.2) is 47.8 Å². The second kappa shape index (κ2) is 6.80. The van der Waals surface area contributed by atoms with Crippen LogP contribution < -0.4 is 10.9 Å². The Labute approximate surface area is 143 Å². The molecule has 5 nitrogen and oxygen atoms in total. The number of amides is 1. The van der Waals surface area contributed by atoms with Crippen LogP contribution in [0.3, 0.4) is 0 Å². The van der Waals surface area contributed by atoms with E-state index < -0.39 is 0 Å². The van der Waals surface area contributed by atoms with Crippen molar-refractivity contribution in [3.05, 3.63) is 75.2 Å². The van der Waals surface area contributed by atoms with Crippen LogP contribution in [0.2, 0.25) is 0 Å². The number of carbonyl (C=O) groups is 1. The number of aryl methyl sites for hydroxylation is 1. The Bertz CT molecular complexity index is 958. The fourth-order valence-corrected chi connectivity index (χ4v) is 3.64. The van der Waals surface area contributed by atoms with E-state index in [1.165, 1.54) is 11.3 Å². The number of H-pyrrole nitrogens is 1. The first kappa shape index (κ1) is 16.1. The van der Waals surface area contributed by atoms with Crippen molar-refractivity contribution < 1.29 is 4.79 Å². The predicted octanol–water partition coefficient (Wildman–Crippen LogP) is 2.80. The van der Waals surface area contributed by atoms with Crippen LogP contribution in [-0.4, -0.2) is 22.4 Å². The number of thiophene rings is 1. The molecule has 0 radical (unpaired) electrons. The first-order chi connectivity index (χ1) is 11.6. The zero-order valence-corrected chi connectivity index (χ0v) is 14.1. The first-order valence-corrected chi connectivity index (χ1v) is 8.37. The molecular weight excluding hydrogens is 322 g/mol. The van der Waals surface area contributed by atoms with Crippen molar-refractivity contribution in [3.63, 3.8) is 0 Å². The quantitative estimate of drug-likeness (QED) is 0.702. The van der Waals surface area contributed by atoms with E-state index in [2.05, 4.69) is 21.9 Å². The lowest BCUT2D eigenvalue weighted by atomic mass is 10.1. The number of aromatic nitrogens is 2. The van der Waals surface area contributed by atoms with E-state index in [0.717, 1.165) is 5.56 Å². The molecule has 3 rings (SSSR count). The topological polar surface area (TPSA) is 74.8 Å². The van der Waals surface area contributed by atoms with Gasteiger partial charge in [0.2, 0.25) is 0 Å². The maximum atomic E-state index is 12.4. The van der Waals surface area contributed by atoms with E-state index in [1.54, 1.807) is 13.0 Å². The van der Waals surface area contributed by atoms with Crippen LogP contribution in [0.25, 0.3) is 10.2 Å². The second-order valence-corrected chi connectivity index (χ2v) is 6.41. The Kier molecular flexibility index (Phi) is 4.57. The second-order valence-electron chi connectivity index (χ2n) is 5.41. The molecule has 0 saturated heterocycles. The zero-order valence-electron chi connectivity index (χ0n) is 13.3. The molecule has 0 unspecified atom stereocenters. The van der Waals surface area contributed by atoms with Gasteiger partial charge < -0.3 is 10.3 Å². The number of hydrogen-bond donors (Lipinski definition) is 2. The molecule has 24 heavy (non-hydrogen) atoms. The van der Waals surface area contributed by atoms with E-state index in [9.17, 15) is 9.59 Å². The third-order valence-corrected chi connectivity index (χ3v) is 4.86. The van der Waals surface area contributed by atoms with Crippen molar-refractivity contribution in [2.75, 3.05) is 6.54 Å². The minimum atomic E-state index is -0.209. The van der Waals surface area contributed by atoms with Crippen molar-refractivity contribution in [1.82, 2.24) is 15.3 Å². The van der Waals surface area contributed by atoms with Crippen molar-refractivity contribution in [3.8, 4) is 0 Å². The summed E-state index contributed by atoms with van der Waals surface area (Å²) in [6.45, 7) is 5.74. The van der Waals surface area contributed by atoms with E-state index in [1.807, 2.05) is 30.3 Å². The van der Waals surface area contributed by atoms with Gasteiger partial charge >= 0.3 is 0 Å². The number of carbonyl (C=O) groups excluding carboxylic acids is 1. The average Bonchev–Trinajstić information content (AvgIpc) is 2.91. The maximum Gasteiger partial charge on any atom is 0.261 e. The van der Waals surface area contributed by atoms with Gasteiger partial charge in [0.05, 0.1) is 10.3 Å². The fraction of sp³-hybridized carbons (Fsp3) is 0.167. The molecule has 0 spiro atoms. The van der Waals surface area contributed by atoms with Crippen molar-refractivity contribution in [1.29, 1.82) is 0 Å². The highest BCUT2D eigenvalue weighted by Crippen LogP contribution is 2.27. The first-order valence-electron chi connectivity index (χ1n) is 7.55. The molecule has 122 valence electrons. The summed E-state index contributed by atoms with van der Waals surface area (Å²) in [6, 6.07) is 9.81. The Morgan fingerprint density at radius 2 is 2.12 bits per heavy atom. The van der Waals surface area contributed by atoms with Gasteiger partial charge in [-0.05, 0) is 18.1 Å². The number of nitrogens with zero attached hydrogens (tertiary/aromatic N) is 1. The number of rotatable bonds is 5. The summed E-state index contributed by atoms with van der Waals surface area (Å²) in [5.41, 5.74) is 1.52. The minimum absolute atomic E-state index is 0.206. The summed E-state index contributed by atoms with van der Waals surface area (Å²) in [5.74, 6) is 0.386. The van der Waals surface area contributed by atoms with Gasteiger partial charge in [-0.25, -0.2) is 4.98 Å². The summed E-state index contributed by atoms with van der Waals surface area (Å²) in [6.07, 6.45) is 2.16. The molecule has 0 saturated carbocycles. The lowest BCUT2D eigenvalue weighted by Crippen LogP contribution is -2.23. The van der Waals surface area contributed by atoms with Crippen LogP contribution in [-0.2, 0) is 6.42 Å². The molecule has 3 aromatic rings. The molecule has 2 N–H and O–H groups in total. The maximum absolute atomic E-state index is 12.4. The van der Waals surface area contributed by atoms with E-state index in [0.29, 0.717) is 39.4 Å². The smallest absolute Gasteiger partial charge is 0.261 e. The molecule has 0 fully saturated rings. The average molecular weight is 339 g/mol. The number of benzene rings is 1. The summed E-state index contributed by atoms with van der Waals surface area (Å²) >= 11 is 1.24. The molecule has 6 heteroatoms. The molecule has 0 aliphatic carbocycles. The monoisotopic (exact) mass is 339 g/mol. The van der Waals surface area contributed by atoms with Crippen LogP contribution >= 0.6 is 11.3 Å². The number of fused-ring (bicyclic) bond motifs is 1. The summed E-state index contributed by atoms with van der Waals surface area (Å²) in [7, 11) is 0. The third kappa shape index (κ3) is 3.14. The highest BCUT2D eigenvalue weighted by molar-refractivity contribution is 7.20. The molecule has 2 aromatic heterocycles. The van der Waals surface area contributed by atoms with Gasteiger partial charge in [0, 0.05) is 13.0 Å². The van der Waals surface area contributed by atoms with E-state index >= 15 is 0 Å². The van der Waals surface area contributed by atoms with Gasteiger partial charge in [0.1, 0.15) is 10.7 Å². The van der Waals surface area contributed by atoms with Crippen molar-refractivity contribution in [2.45, 2.75) is 13.3 Å². The molecule has 0 aliphatic heterocycles. The standard InChI is InChI=1S/C18H17N3O2S/c1-3-9-19-17(23)15-11(2)14-16(22)20-13(21-18(14)24-15)10-12-7-5-4-6-8-12/h3-8H,1,9-10H2,2H3,(H,19,23)(H,20,21,22). The number of hydrogen-bond acceptors (Lipinski definition) is 4. The molecule has 0 bridgehead atoms. The molecule has 0 atom stereocenters. The Morgan fingerprint density at radius 1 is 1.38 bits per heavy atom. The lowest BCUT2D eigenvalue weighted by molar-refractivity contribution is 0.0961. The van der Waals surface area contributed by atoms with E-state index in [-0.39, 0.29) is 11.5 Å². The fourth-order valence-electron chi connectivity index (χ4n) is 2.52. The van der Waals surface area contributed by atoms with Crippen LogP contribution in [0.5, 0.6) is 0 Å². The largest absolute Gasteiger partial charge is 0.348 e. The van der Waals surface area contributed by atoms with Gasteiger partial charge in [-0.15, -0.1) is 17.9 Å². The highest BCUT2D eigenvalue weighted by Gasteiger charge is 2.18. The van der Waals surface area contributed by atoms with Gasteiger partial charge in [-0.3, -0.25) is 9.59 Å². The number of aromatic amines is 1. The van der Waals surface area contributed by atoms with Crippen LogP contribution in [0.1, 0.15) is 26.6 Å². The molecule has 2 heterocycles. The number of nitrogens with one attached hydrogen (secondary N) is 2. The van der Waals surface area contributed by atoms with Crippen molar-refractivity contribution in [2.24, 2.45) is 0 Å². The Morgan fingerprint density at radius 3 is 2.83 bits per heavy atom. The van der Waals surface area contributed by atoms with Gasteiger partial charge in [-0.1, -0.05) is 36.4 Å². The van der Waals surface area contributed by atoms with E-state index in [4.69, 9.17) is 0 Å². The summed E-state index contributed by atoms with van der Waals surface area (Å²) in [4.78, 5) is 33.1. The lowest BCUT2D eigenvalue weighted by Gasteiger charge is -2.01. The molecule has 1 aromatic carbocycles. The van der Waals surface area contributed by atoms with Crippen LogP contribution in [0, 0.1) is 6.92 Å². The SMILES string of the molecule is C=CCNC(=O)c1sc2nc(Cc3ccccc3)[nH]c(=O)c2c1C. The molecule has 0 aliphatic rings. The summed E-state index contributed by atoms with van der Waals surface area (Å²) in [5, 5.41) is 3.22. The summed E-state index contributed by atoms with van der Waals surface area (Å²) < 4.78 is 0. The molecular formula is C18H17N3O2S. The van der Waals surface area contributed by atoms with Gasteiger partial charge in [0.25, 0.3) is 11.5 Å². The third-order valence-electron chi connectivity index (χ3n) is 3.68. The van der Waals surface area contributed by atoms with Crippen molar-refractivity contribution >= 4 is 27.5 Å². The normalized spacial score (nSPS) is 10.7. The highest BCUT2D eigenvalue weighted by atomic mass is 32.1. The molecule has 1 amide bonds. The zero-order chi connectivity index (χ0) is 17.1. The Balaban J connectivity index is 2.00. The Hall–Kier alpha value is -2.73. The minimum Gasteiger partial charge on any atom is -0.348 e. The van der Waals surface area contributed by atoms with Gasteiger partial charge in [0.15, 0.2) is 0 Å². The van der Waals surface area contributed by atoms with Gasteiger partial charge in [-0.2, -0.15) is 0 Å².